The molecule has 5 nitrogen and oxygen atoms in total. The van der Waals surface area contributed by atoms with Gasteiger partial charge in [0.15, 0.2) is 0 Å². The molecule has 1 aromatic heterocycles. The summed E-state index contributed by atoms with van der Waals surface area (Å²) in [5, 5.41) is 6.74. The molecule has 1 N–H and O–H groups in total. The number of nitrogens with one attached hydrogen (secondary N) is 1. The number of hydrogen-bond donors (Lipinski definition) is 1. The summed E-state index contributed by atoms with van der Waals surface area (Å²) in [7, 11) is 0. The van der Waals surface area contributed by atoms with Crippen LogP contribution in [0.2, 0.25) is 0 Å². The molecule has 7 heteroatoms. The quantitative estimate of drug-likeness (QED) is 0.748. The number of halogens is 2. The molecule has 3 rings (SSSR count). The van der Waals surface area contributed by atoms with Gasteiger partial charge in [-0.2, -0.15) is 5.10 Å². The van der Waals surface area contributed by atoms with Gasteiger partial charge in [-0.1, -0.05) is 18.2 Å². The van der Waals surface area contributed by atoms with E-state index in [4.69, 9.17) is 0 Å². The van der Waals surface area contributed by atoms with Gasteiger partial charge in [0.2, 0.25) is 5.91 Å². The normalized spacial score (nSPS) is 10.6. The minimum atomic E-state index is -0.634. The van der Waals surface area contributed by atoms with Crippen molar-refractivity contribution in [1.82, 2.24) is 14.8 Å². The number of benzene rings is 2. The van der Waals surface area contributed by atoms with Crippen LogP contribution in [0.5, 0.6) is 0 Å². The van der Waals surface area contributed by atoms with Crippen molar-refractivity contribution in [2.75, 3.05) is 5.32 Å². The maximum atomic E-state index is 13.5. The van der Waals surface area contributed by atoms with Crippen molar-refractivity contribution < 1.29 is 13.6 Å². The Hall–Kier alpha value is -3.09. The average molecular weight is 342 g/mol. The lowest BCUT2D eigenvalue weighted by molar-refractivity contribution is -0.116. The molecule has 0 aliphatic carbocycles. The third-order valence-electron chi connectivity index (χ3n) is 3.71. The molecule has 0 bridgehead atoms. The third-order valence-corrected chi connectivity index (χ3v) is 3.71. The summed E-state index contributed by atoms with van der Waals surface area (Å²) in [6, 6.07) is 11.0. The smallest absolute Gasteiger partial charge is 0.224 e. The van der Waals surface area contributed by atoms with Crippen LogP contribution in [0.1, 0.15) is 17.5 Å². The summed E-state index contributed by atoms with van der Waals surface area (Å²) in [5.41, 5.74) is 1.57. The first kappa shape index (κ1) is 16.8. The van der Waals surface area contributed by atoms with Gasteiger partial charge < -0.3 is 5.32 Å². The molecule has 0 fully saturated rings. The summed E-state index contributed by atoms with van der Waals surface area (Å²) < 4.78 is 28.8. The number of hydrogen-bond acceptors (Lipinski definition) is 3. The molecule has 0 saturated carbocycles. The van der Waals surface area contributed by atoms with Gasteiger partial charge in [-0.25, -0.2) is 18.4 Å². The average Bonchev–Trinajstić information content (AvgIpc) is 3.09. The predicted octanol–water partition coefficient (Wildman–Crippen LogP) is 3.18. The standard InChI is InChI=1S/C18H16F2N4O/c19-16-2-1-3-17(20)15(16)8-9-18(25)23-14-6-4-13(5-7-14)10-24-12-21-11-22-24/h1-7,11-12H,8-10H2,(H,23,25). The molecule has 0 aliphatic heterocycles. The van der Waals surface area contributed by atoms with Crippen LogP contribution in [-0.2, 0) is 17.8 Å². The molecular formula is C18H16F2N4O. The lowest BCUT2D eigenvalue weighted by Gasteiger charge is -2.08. The molecule has 3 aromatic rings. The van der Waals surface area contributed by atoms with Gasteiger partial charge in [-0.3, -0.25) is 4.79 Å². The highest BCUT2D eigenvalue weighted by Gasteiger charge is 2.11. The summed E-state index contributed by atoms with van der Waals surface area (Å²) in [6.07, 6.45) is 3.10. The second-order valence-electron chi connectivity index (χ2n) is 5.54. The van der Waals surface area contributed by atoms with Gasteiger partial charge in [-0.15, -0.1) is 0 Å². The number of carbonyl (C=O) groups is 1. The topological polar surface area (TPSA) is 59.8 Å². The minimum Gasteiger partial charge on any atom is -0.326 e. The van der Waals surface area contributed by atoms with E-state index >= 15 is 0 Å². The second kappa shape index (κ2) is 7.65. The monoisotopic (exact) mass is 342 g/mol. The minimum absolute atomic E-state index is 0.00143. The Morgan fingerprint density at radius 2 is 1.80 bits per heavy atom. The fraction of sp³-hybridized carbons (Fsp3) is 0.167. The molecule has 0 unspecified atom stereocenters. The molecule has 2 aromatic carbocycles. The maximum absolute atomic E-state index is 13.5. The van der Waals surface area contributed by atoms with Gasteiger partial charge >= 0.3 is 0 Å². The predicted molar refractivity (Wildman–Crippen MR) is 88.9 cm³/mol. The van der Waals surface area contributed by atoms with Crippen molar-refractivity contribution in [2.45, 2.75) is 19.4 Å². The highest BCUT2D eigenvalue weighted by atomic mass is 19.1. The van der Waals surface area contributed by atoms with Crippen LogP contribution < -0.4 is 5.32 Å². The number of amides is 1. The Kier molecular flexibility index (Phi) is 5.13. The Bertz CT molecular complexity index is 828. The van der Waals surface area contributed by atoms with Crippen molar-refractivity contribution in [1.29, 1.82) is 0 Å². The largest absolute Gasteiger partial charge is 0.326 e. The first-order valence-electron chi connectivity index (χ1n) is 7.76. The van der Waals surface area contributed by atoms with Gasteiger partial charge in [0.25, 0.3) is 0 Å². The maximum Gasteiger partial charge on any atom is 0.224 e. The Balaban J connectivity index is 1.54. The summed E-state index contributed by atoms with van der Waals surface area (Å²) in [4.78, 5) is 15.8. The molecule has 0 radical (unpaired) electrons. The zero-order valence-corrected chi connectivity index (χ0v) is 13.3. The van der Waals surface area contributed by atoms with Gasteiger partial charge in [0.05, 0.1) is 6.54 Å². The Labute approximate surface area is 143 Å². The van der Waals surface area contributed by atoms with Crippen LogP contribution in [0.25, 0.3) is 0 Å². The van der Waals surface area contributed by atoms with Crippen molar-refractivity contribution in [3.8, 4) is 0 Å². The van der Waals surface area contributed by atoms with Gasteiger partial charge in [-0.05, 0) is 36.2 Å². The second-order valence-corrected chi connectivity index (χ2v) is 5.54. The first-order valence-corrected chi connectivity index (χ1v) is 7.76. The molecule has 0 aliphatic rings. The van der Waals surface area contributed by atoms with Crippen molar-refractivity contribution >= 4 is 11.6 Å². The van der Waals surface area contributed by atoms with Crippen molar-refractivity contribution in [3.63, 3.8) is 0 Å². The zero-order chi connectivity index (χ0) is 17.6. The van der Waals surface area contributed by atoms with E-state index in [1.165, 1.54) is 24.5 Å². The molecule has 25 heavy (non-hydrogen) atoms. The number of nitrogens with zero attached hydrogens (tertiary/aromatic N) is 3. The number of aromatic nitrogens is 3. The summed E-state index contributed by atoms with van der Waals surface area (Å²) in [6.45, 7) is 0.584. The van der Waals surface area contributed by atoms with E-state index in [9.17, 15) is 13.6 Å². The van der Waals surface area contributed by atoms with Crippen LogP contribution in [0.3, 0.4) is 0 Å². The number of anilines is 1. The lowest BCUT2D eigenvalue weighted by atomic mass is 10.1. The van der Waals surface area contributed by atoms with Crippen LogP contribution in [0.4, 0.5) is 14.5 Å². The van der Waals surface area contributed by atoms with Crippen molar-refractivity contribution in [3.05, 3.63) is 77.9 Å². The number of carbonyl (C=O) groups excluding carboxylic acids is 1. The highest BCUT2D eigenvalue weighted by Crippen LogP contribution is 2.15. The van der Waals surface area contributed by atoms with Crippen LogP contribution in [-0.4, -0.2) is 20.7 Å². The van der Waals surface area contributed by atoms with E-state index in [1.54, 1.807) is 23.1 Å². The van der Waals surface area contributed by atoms with E-state index < -0.39 is 11.6 Å². The fourth-order valence-corrected chi connectivity index (χ4v) is 2.43. The number of rotatable bonds is 6. The zero-order valence-electron chi connectivity index (χ0n) is 13.3. The molecule has 1 amide bonds. The van der Waals surface area contributed by atoms with Gasteiger partial charge in [0, 0.05) is 17.7 Å². The van der Waals surface area contributed by atoms with Crippen LogP contribution >= 0.6 is 0 Å². The van der Waals surface area contributed by atoms with Crippen molar-refractivity contribution in [2.24, 2.45) is 0 Å². The molecular weight excluding hydrogens is 326 g/mol. The van der Waals surface area contributed by atoms with E-state index in [2.05, 4.69) is 15.4 Å². The molecule has 128 valence electrons. The Morgan fingerprint density at radius 1 is 1.08 bits per heavy atom. The third kappa shape index (κ3) is 4.47. The Morgan fingerprint density at radius 3 is 2.44 bits per heavy atom. The molecule has 0 spiro atoms. The van der Waals surface area contributed by atoms with E-state index in [0.29, 0.717) is 12.2 Å². The molecule has 1 heterocycles. The lowest BCUT2D eigenvalue weighted by Crippen LogP contribution is -2.13. The van der Waals surface area contributed by atoms with Gasteiger partial charge in [0.1, 0.15) is 24.3 Å². The molecule has 0 saturated heterocycles. The summed E-state index contributed by atoms with van der Waals surface area (Å²) >= 11 is 0. The van der Waals surface area contributed by atoms with E-state index in [0.717, 1.165) is 5.56 Å². The SMILES string of the molecule is O=C(CCc1c(F)cccc1F)Nc1ccc(Cn2cncn2)cc1. The first-order chi connectivity index (χ1) is 12.1. The fourth-order valence-electron chi connectivity index (χ4n) is 2.43. The summed E-state index contributed by atoms with van der Waals surface area (Å²) in [5.74, 6) is -1.57. The van der Waals surface area contributed by atoms with Crippen LogP contribution in [0, 0.1) is 11.6 Å². The van der Waals surface area contributed by atoms with Crippen LogP contribution in [0.15, 0.2) is 55.1 Å². The van der Waals surface area contributed by atoms with E-state index in [-0.39, 0.29) is 24.3 Å². The molecule has 0 atom stereocenters. The van der Waals surface area contributed by atoms with E-state index in [1.807, 2.05) is 12.1 Å². The highest BCUT2D eigenvalue weighted by molar-refractivity contribution is 5.90.